The summed E-state index contributed by atoms with van der Waals surface area (Å²) in [7, 11) is 0. The van der Waals surface area contributed by atoms with Crippen LogP contribution in [0.5, 0.6) is 11.5 Å². The Morgan fingerprint density at radius 2 is 1.48 bits per heavy atom. The number of hydrogen-bond acceptors (Lipinski definition) is 4. The molecule has 0 aromatic heterocycles. The van der Waals surface area contributed by atoms with E-state index in [1.54, 1.807) is 31.2 Å². The molecule has 1 N–H and O–H groups in total. The molecule has 0 bridgehead atoms. The molecule has 0 radical (unpaired) electrons. The highest BCUT2D eigenvalue weighted by molar-refractivity contribution is 5.86. The molecule has 0 spiro atoms. The number of aromatic hydroxyl groups is 1. The highest BCUT2D eigenvalue weighted by Crippen LogP contribution is 2.16. The van der Waals surface area contributed by atoms with Crippen LogP contribution in [0, 0.1) is 0 Å². The molecule has 1 rings (SSSR count). The molecule has 0 saturated carbocycles. The minimum atomic E-state index is -0.293. The van der Waals surface area contributed by atoms with Gasteiger partial charge in [-0.3, -0.25) is 0 Å². The third-order valence-electron chi connectivity index (χ3n) is 3.48. The highest BCUT2D eigenvalue weighted by atomic mass is 16.5. The molecule has 4 nitrogen and oxygen atoms in total. The predicted octanol–water partition coefficient (Wildman–Crippen LogP) is 4.62. The number of carbonyl (C=O) groups excluding carboxylic acids is 1. The normalized spacial score (nSPS) is 10.3. The summed E-state index contributed by atoms with van der Waals surface area (Å²) in [6.45, 7) is 6.41. The number of rotatable bonds is 12. The van der Waals surface area contributed by atoms with Crippen LogP contribution < -0.4 is 4.74 Å². The van der Waals surface area contributed by atoms with Crippen LogP contribution in [0.1, 0.15) is 51.9 Å². The zero-order chi connectivity index (χ0) is 16.9. The van der Waals surface area contributed by atoms with Gasteiger partial charge in [0.15, 0.2) is 0 Å². The van der Waals surface area contributed by atoms with Gasteiger partial charge < -0.3 is 14.6 Å². The highest BCUT2D eigenvalue weighted by Gasteiger charge is 2.01. The van der Waals surface area contributed by atoms with Crippen molar-refractivity contribution in [1.82, 2.24) is 0 Å². The van der Waals surface area contributed by atoms with Gasteiger partial charge in [-0.2, -0.15) is 0 Å². The first-order chi connectivity index (χ1) is 11.1. The van der Waals surface area contributed by atoms with Crippen LogP contribution in [0.25, 0.3) is 0 Å². The van der Waals surface area contributed by atoms with Crippen molar-refractivity contribution in [3.05, 3.63) is 36.4 Å². The van der Waals surface area contributed by atoms with Gasteiger partial charge in [0, 0.05) is 5.57 Å². The fourth-order valence-corrected chi connectivity index (χ4v) is 2.11. The molecule has 0 atom stereocenters. The van der Waals surface area contributed by atoms with Crippen LogP contribution >= 0.6 is 0 Å². The molecule has 0 aliphatic rings. The van der Waals surface area contributed by atoms with E-state index in [1.807, 2.05) is 0 Å². The van der Waals surface area contributed by atoms with E-state index in [9.17, 15) is 9.90 Å². The van der Waals surface area contributed by atoms with E-state index in [0.717, 1.165) is 31.4 Å². The molecule has 0 aliphatic carbocycles. The molecule has 0 amide bonds. The predicted molar refractivity (Wildman–Crippen MR) is 91.7 cm³/mol. The summed E-state index contributed by atoms with van der Waals surface area (Å²) in [6.07, 6.45) is 7.78. The van der Waals surface area contributed by atoms with Crippen molar-refractivity contribution in [3.63, 3.8) is 0 Å². The SMILES string of the molecule is C=C(C)C(=O)OCCCCCCCCCOc1ccc(O)cc1. The third kappa shape index (κ3) is 9.61. The molecule has 23 heavy (non-hydrogen) atoms. The number of benzene rings is 1. The van der Waals surface area contributed by atoms with E-state index < -0.39 is 0 Å². The second-order valence-electron chi connectivity index (χ2n) is 5.73. The second-order valence-corrected chi connectivity index (χ2v) is 5.73. The number of ether oxygens (including phenoxy) is 2. The van der Waals surface area contributed by atoms with E-state index >= 15 is 0 Å². The van der Waals surface area contributed by atoms with Gasteiger partial charge >= 0.3 is 5.97 Å². The first-order valence-corrected chi connectivity index (χ1v) is 8.34. The molecule has 1 aromatic carbocycles. The lowest BCUT2D eigenvalue weighted by Gasteiger charge is -2.06. The first kappa shape index (κ1) is 19.1. The lowest BCUT2D eigenvalue weighted by atomic mass is 10.1. The summed E-state index contributed by atoms with van der Waals surface area (Å²) in [6, 6.07) is 6.80. The Kier molecular flexibility index (Phi) is 9.60. The summed E-state index contributed by atoms with van der Waals surface area (Å²) in [5, 5.41) is 9.17. The number of esters is 1. The lowest BCUT2D eigenvalue weighted by Crippen LogP contribution is -2.05. The minimum Gasteiger partial charge on any atom is -0.508 e. The van der Waals surface area contributed by atoms with Gasteiger partial charge in [-0.05, 0) is 44.0 Å². The van der Waals surface area contributed by atoms with E-state index in [2.05, 4.69) is 6.58 Å². The Balaban J connectivity index is 1.85. The molecule has 0 heterocycles. The van der Waals surface area contributed by atoms with Gasteiger partial charge in [-0.25, -0.2) is 4.79 Å². The van der Waals surface area contributed by atoms with Crippen molar-refractivity contribution in [2.45, 2.75) is 51.9 Å². The average molecular weight is 320 g/mol. The molecular formula is C19H28O4. The Morgan fingerprint density at radius 1 is 0.957 bits per heavy atom. The van der Waals surface area contributed by atoms with Crippen molar-refractivity contribution in [3.8, 4) is 11.5 Å². The number of hydrogen-bond donors (Lipinski definition) is 1. The largest absolute Gasteiger partial charge is 0.508 e. The molecular weight excluding hydrogens is 292 g/mol. The number of phenols is 1. The van der Waals surface area contributed by atoms with Gasteiger partial charge in [-0.1, -0.05) is 38.7 Å². The maximum atomic E-state index is 11.2. The van der Waals surface area contributed by atoms with Crippen molar-refractivity contribution < 1.29 is 19.4 Å². The lowest BCUT2D eigenvalue weighted by molar-refractivity contribution is -0.139. The van der Waals surface area contributed by atoms with Gasteiger partial charge in [0.25, 0.3) is 0 Å². The topological polar surface area (TPSA) is 55.8 Å². The van der Waals surface area contributed by atoms with Crippen molar-refractivity contribution >= 4 is 5.97 Å². The minimum absolute atomic E-state index is 0.256. The van der Waals surface area contributed by atoms with Gasteiger partial charge in [0.05, 0.1) is 13.2 Å². The van der Waals surface area contributed by atoms with Crippen LogP contribution in [0.3, 0.4) is 0 Å². The maximum absolute atomic E-state index is 11.2. The summed E-state index contributed by atoms with van der Waals surface area (Å²) in [5.41, 5.74) is 0.458. The fraction of sp³-hybridized carbons (Fsp3) is 0.526. The van der Waals surface area contributed by atoms with Gasteiger partial charge in [0.1, 0.15) is 11.5 Å². The molecule has 0 fully saturated rings. The smallest absolute Gasteiger partial charge is 0.333 e. The van der Waals surface area contributed by atoms with E-state index in [0.29, 0.717) is 18.8 Å². The first-order valence-electron chi connectivity index (χ1n) is 8.34. The number of carbonyl (C=O) groups is 1. The monoisotopic (exact) mass is 320 g/mol. The Bertz CT molecular complexity index is 465. The standard InChI is InChI=1S/C19H28O4/c1-16(2)19(21)23-15-9-7-5-3-4-6-8-14-22-18-12-10-17(20)11-13-18/h10-13,20H,1,3-9,14-15H2,2H3. The molecule has 4 heteroatoms. The van der Waals surface area contributed by atoms with E-state index in [1.165, 1.54) is 19.3 Å². The van der Waals surface area contributed by atoms with Gasteiger partial charge in [0.2, 0.25) is 0 Å². The Labute approximate surface area is 139 Å². The Hall–Kier alpha value is -1.97. The molecule has 0 unspecified atom stereocenters. The van der Waals surface area contributed by atoms with Crippen LogP contribution in [0.15, 0.2) is 36.4 Å². The number of unbranched alkanes of at least 4 members (excludes halogenated alkanes) is 6. The summed E-state index contributed by atoms with van der Waals surface area (Å²) < 4.78 is 10.6. The average Bonchev–Trinajstić information content (AvgIpc) is 2.54. The number of phenolic OH excluding ortho intramolecular Hbond substituents is 1. The maximum Gasteiger partial charge on any atom is 0.333 e. The van der Waals surface area contributed by atoms with Crippen molar-refractivity contribution in [2.75, 3.05) is 13.2 Å². The van der Waals surface area contributed by atoms with Crippen LogP contribution in [0.2, 0.25) is 0 Å². The fourth-order valence-electron chi connectivity index (χ4n) is 2.11. The quantitative estimate of drug-likeness (QED) is 0.347. The molecule has 0 saturated heterocycles. The molecule has 1 aromatic rings. The van der Waals surface area contributed by atoms with Crippen LogP contribution in [-0.2, 0) is 9.53 Å². The van der Waals surface area contributed by atoms with Crippen LogP contribution in [0.4, 0.5) is 0 Å². The third-order valence-corrected chi connectivity index (χ3v) is 3.48. The summed E-state index contributed by atoms with van der Waals surface area (Å²) in [5.74, 6) is 0.762. The zero-order valence-corrected chi connectivity index (χ0v) is 14.1. The molecule has 0 aliphatic heterocycles. The second kappa shape index (κ2) is 11.6. The van der Waals surface area contributed by atoms with Crippen molar-refractivity contribution in [1.29, 1.82) is 0 Å². The summed E-state index contributed by atoms with van der Waals surface area (Å²) in [4.78, 5) is 11.2. The van der Waals surface area contributed by atoms with E-state index in [4.69, 9.17) is 9.47 Å². The molecule has 128 valence electrons. The van der Waals surface area contributed by atoms with Crippen molar-refractivity contribution in [2.24, 2.45) is 0 Å². The van der Waals surface area contributed by atoms with Gasteiger partial charge in [-0.15, -0.1) is 0 Å². The summed E-state index contributed by atoms with van der Waals surface area (Å²) >= 11 is 0. The Morgan fingerprint density at radius 3 is 2.04 bits per heavy atom. The van der Waals surface area contributed by atoms with Crippen LogP contribution in [-0.4, -0.2) is 24.3 Å². The van der Waals surface area contributed by atoms with E-state index in [-0.39, 0.29) is 11.7 Å². The zero-order valence-electron chi connectivity index (χ0n) is 14.1.